The molecule has 2 aromatic carbocycles. The number of benzene rings is 2. The largest absolute Gasteiger partial charge is 0.452 e. The Balaban J connectivity index is 1.49. The fourth-order valence-corrected chi connectivity index (χ4v) is 3.99. The number of likely N-dealkylation sites (tertiary alicyclic amines) is 1. The van der Waals surface area contributed by atoms with E-state index in [1.54, 1.807) is 12.1 Å². The number of nitrogens with zero attached hydrogens (tertiary/aromatic N) is 3. The van der Waals surface area contributed by atoms with E-state index in [0.717, 1.165) is 48.4 Å². The van der Waals surface area contributed by atoms with Crippen LogP contribution in [0.3, 0.4) is 0 Å². The number of esters is 1. The zero-order valence-electron chi connectivity index (χ0n) is 16.8. The smallest absolute Gasteiger partial charge is 0.338 e. The molecule has 1 aliphatic heterocycles. The number of aromatic nitrogens is 2. The Morgan fingerprint density at radius 2 is 1.93 bits per heavy atom. The normalized spacial score (nSPS) is 16.8. The highest BCUT2D eigenvalue weighted by Gasteiger charge is 2.24. The van der Waals surface area contributed by atoms with Gasteiger partial charge in [0.15, 0.2) is 6.61 Å². The SMILES string of the molecule is Cc1nc2cc(C(=O)OCC(=O)N3CCCC[C@@H]3C)ccc2n1-c1ccccc1. The van der Waals surface area contributed by atoms with Crippen LogP contribution in [0.25, 0.3) is 16.7 Å². The van der Waals surface area contributed by atoms with Gasteiger partial charge in [0, 0.05) is 18.3 Å². The van der Waals surface area contributed by atoms with Gasteiger partial charge in [-0.25, -0.2) is 9.78 Å². The number of amides is 1. The summed E-state index contributed by atoms with van der Waals surface area (Å²) in [6, 6.07) is 15.5. The predicted molar refractivity (Wildman–Crippen MR) is 111 cm³/mol. The lowest BCUT2D eigenvalue weighted by molar-refractivity contribution is -0.137. The van der Waals surface area contributed by atoms with Crippen LogP contribution in [0.1, 0.15) is 42.4 Å². The van der Waals surface area contributed by atoms with Crippen molar-refractivity contribution in [2.24, 2.45) is 0 Å². The highest BCUT2D eigenvalue weighted by Crippen LogP contribution is 2.23. The first-order valence-corrected chi connectivity index (χ1v) is 10.1. The monoisotopic (exact) mass is 391 g/mol. The molecule has 0 aliphatic carbocycles. The lowest BCUT2D eigenvalue weighted by Gasteiger charge is -2.33. The molecule has 0 N–H and O–H groups in total. The molecule has 2 heterocycles. The Morgan fingerprint density at radius 3 is 2.69 bits per heavy atom. The molecule has 0 unspecified atom stereocenters. The Morgan fingerprint density at radius 1 is 1.14 bits per heavy atom. The Kier molecular flexibility index (Phi) is 5.34. The third kappa shape index (κ3) is 3.88. The molecule has 1 atom stereocenters. The second kappa shape index (κ2) is 8.07. The number of hydrogen-bond acceptors (Lipinski definition) is 4. The molecule has 6 heteroatoms. The van der Waals surface area contributed by atoms with E-state index in [2.05, 4.69) is 4.98 Å². The van der Waals surface area contributed by atoms with Crippen molar-refractivity contribution in [3.63, 3.8) is 0 Å². The molecule has 1 fully saturated rings. The maximum atomic E-state index is 12.5. The van der Waals surface area contributed by atoms with Crippen LogP contribution < -0.4 is 0 Å². The summed E-state index contributed by atoms with van der Waals surface area (Å²) in [6.07, 6.45) is 3.14. The zero-order valence-corrected chi connectivity index (χ0v) is 16.8. The van der Waals surface area contributed by atoms with Crippen molar-refractivity contribution in [1.82, 2.24) is 14.5 Å². The number of piperidine rings is 1. The minimum atomic E-state index is -0.503. The summed E-state index contributed by atoms with van der Waals surface area (Å²) >= 11 is 0. The van der Waals surface area contributed by atoms with Crippen molar-refractivity contribution >= 4 is 22.9 Å². The Labute approximate surface area is 170 Å². The topological polar surface area (TPSA) is 64.4 Å². The van der Waals surface area contributed by atoms with Crippen molar-refractivity contribution in [1.29, 1.82) is 0 Å². The summed E-state index contributed by atoms with van der Waals surface area (Å²) < 4.78 is 7.34. The van der Waals surface area contributed by atoms with E-state index < -0.39 is 5.97 Å². The van der Waals surface area contributed by atoms with Crippen LogP contribution in [0.15, 0.2) is 48.5 Å². The number of carbonyl (C=O) groups is 2. The molecule has 1 amide bonds. The summed E-state index contributed by atoms with van der Waals surface area (Å²) in [6.45, 7) is 4.49. The lowest BCUT2D eigenvalue weighted by atomic mass is 10.0. The highest BCUT2D eigenvalue weighted by atomic mass is 16.5. The molecule has 3 aromatic rings. The molecule has 0 bridgehead atoms. The van der Waals surface area contributed by atoms with E-state index in [1.165, 1.54) is 0 Å². The van der Waals surface area contributed by atoms with Gasteiger partial charge in [0.05, 0.1) is 16.6 Å². The summed E-state index contributed by atoms with van der Waals surface area (Å²) in [5, 5.41) is 0. The molecular weight excluding hydrogens is 366 g/mol. The average molecular weight is 391 g/mol. The minimum Gasteiger partial charge on any atom is -0.452 e. The predicted octanol–water partition coefficient (Wildman–Crippen LogP) is 3.89. The average Bonchev–Trinajstić information content (AvgIpc) is 3.07. The number of rotatable bonds is 4. The van der Waals surface area contributed by atoms with Gasteiger partial charge in [-0.2, -0.15) is 0 Å². The first kappa shape index (κ1) is 19.2. The molecule has 0 saturated carbocycles. The molecule has 29 heavy (non-hydrogen) atoms. The van der Waals surface area contributed by atoms with Gasteiger partial charge in [-0.3, -0.25) is 9.36 Å². The summed E-state index contributed by atoms with van der Waals surface area (Å²) in [4.78, 5) is 31.3. The van der Waals surface area contributed by atoms with E-state index >= 15 is 0 Å². The third-order valence-corrected chi connectivity index (χ3v) is 5.52. The number of hydrogen-bond donors (Lipinski definition) is 0. The number of imidazole rings is 1. The molecular formula is C23H25N3O3. The van der Waals surface area contributed by atoms with Crippen LogP contribution in [0, 0.1) is 6.92 Å². The van der Waals surface area contributed by atoms with Gasteiger partial charge in [0.1, 0.15) is 5.82 Å². The second-order valence-corrected chi connectivity index (χ2v) is 7.54. The van der Waals surface area contributed by atoms with Gasteiger partial charge < -0.3 is 9.64 Å². The van der Waals surface area contributed by atoms with Crippen LogP contribution in [0.4, 0.5) is 0 Å². The molecule has 150 valence electrons. The van der Waals surface area contributed by atoms with Crippen molar-refractivity contribution in [2.45, 2.75) is 39.2 Å². The van der Waals surface area contributed by atoms with Crippen LogP contribution >= 0.6 is 0 Å². The van der Waals surface area contributed by atoms with Crippen LogP contribution in [-0.4, -0.2) is 45.5 Å². The molecule has 1 aromatic heterocycles. The Hall–Kier alpha value is -3.15. The molecule has 0 radical (unpaired) electrons. The van der Waals surface area contributed by atoms with Crippen LogP contribution in [0.5, 0.6) is 0 Å². The molecule has 1 saturated heterocycles. The lowest BCUT2D eigenvalue weighted by Crippen LogP contribution is -2.44. The number of fused-ring (bicyclic) bond motifs is 1. The summed E-state index contributed by atoms with van der Waals surface area (Å²) in [5.41, 5.74) is 3.05. The third-order valence-electron chi connectivity index (χ3n) is 5.52. The van der Waals surface area contributed by atoms with E-state index in [4.69, 9.17) is 4.74 Å². The maximum Gasteiger partial charge on any atom is 0.338 e. The van der Waals surface area contributed by atoms with Gasteiger partial charge in [-0.15, -0.1) is 0 Å². The summed E-state index contributed by atoms with van der Waals surface area (Å²) in [5.74, 6) is 0.207. The summed E-state index contributed by atoms with van der Waals surface area (Å²) in [7, 11) is 0. The molecule has 0 spiro atoms. The van der Waals surface area contributed by atoms with Crippen LogP contribution in [-0.2, 0) is 9.53 Å². The Bertz CT molecular complexity index is 1040. The van der Waals surface area contributed by atoms with Gasteiger partial charge >= 0.3 is 5.97 Å². The maximum absolute atomic E-state index is 12.5. The standard InChI is InChI=1S/C23H25N3O3/c1-16-8-6-7-13-25(16)22(27)15-29-23(28)18-11-12-21-20(14-18)24-17(2)26(21)19-9-4-3-5-10-19/h3-5,9-12,14,16H,6-8,13,15H2,1-2H3/t16-/m0/s1. The van der Waals surface area contributed by atoms with Gasteiger partial charge in [0.25, 0.3) is 5.91 Å². The fraction of sp³-hybridized carbons (Fsp3) is 0.348. The second-order valence-electron chi connectivity index (χ2n) is 7.54. The number of para-hydroxylation sites is 1. The van der Waals surface area contributed by atoms with Crippen molar-refractivity contribution < 1.29 is 14.3 Å². The van der Waals surface area contributed by atoms with Gasteiger partial charge in [-0.1, -0.05) is 18.2 Å². The van der Waals surface area contributed by atoms with Crippen LogP contribution in [0.2, 0.25) is 0 Å². The molecule has 4 rings (SSSR count). The first-order valence-electron chi connectivity index (χ1n) is 10.1. The van der Waals surface area contributed by atoms with E-state index in [-0.39, 0.29) is 18.6 Å². The number of carbonyl (C=O) groups excluding carboxylic acids is 2. The van der Waals surface area contributed by atoms with Gasteiger partial charge in [-0.05, 0) is 63.4 Å². The minimum absolute atomic E-state index is 0.129. The van der Waals surface area contributed by atoms with E-state index in [0.29, 0.717) is 5.56 Å². The zero-order chi connectivity index (χ0) is 20.4. The van der Waals surface area contributed by atoms with Crippen molar-refractivity contribution in [3.8, 4) is 5.69 Å². The quantitative estimate of drug-likeness (QED) is 0.633. The van der Waals surface area contributed by atoms with Crippen molar-refractivity contribution in [2.75, 3.05) is 13.2 Å². The molecule has 6 nitrogen and oxygen atoms in total. The molecule has 1 aliphatic rings. The van der Waals surface area contributed by atoms with E-state index in [1.807, 2.05) is 59.7 Å². The van der Waals surface area contributed by atoms with E-state index in [9.17, 15) is 9.59 Å². The van der Waals surface area contributed by atoms with Crippen molar-refractivity contribution in [3.05, 3.63) is 59.9 Å². The first-order chi connectivity index (χ1) is 14.0. The number of ether oxygens (including phenoxy) is 1. The fourth-order valence-electron chi connectivity index (χ4n) is 3.99. The van der Waals surface area contributed by atoms with Gasteiger partial charge in [0.2, 0.25) is 0 Å². The highest BCUT2D eigenvalue weighted by molar-refractivity contribution is 5.95. The number of aryl methyl sites for hydroxylation is 1.